The van der Waals surface area contributed by atoms with Gasteiger partial charge in [0.25, 0.3) is 0 Å². The lowest BCUT2D eigenvalue weighted by molar-refractivity contribution is 0.267. The maximum absolute atomic E-state index is 3.58. The molecule has 0 aromatic carbocycles. The molecule has 2 atom stereocenters. The van der Waals surface area contributed by atoms with Crippen molar-refractivity contribution >= 4 is 0 Å². The van der Waals surface area contributed by atoms with Crippen molar-refractivity contribution in [3.05, 3.63) is 0 Å². The van der Waals surface area contributed by atoms with Crippen LogP contribution in [0.5, 0.6) is 0 Å². The van der Waals surface area contributed by atoms with Crippen molar-refractivity contribution in [3.63, 3.8) is 0 Å². The molecule has 15 heavy (non-hydrogen) atoms. The Morgan fingerprint density at radius 1 is 1.13 bits per heavy atom. The Balaban J connectivity index is 1.90. The van der Waals surface area contributed by atoms with Crippen molar-refractivity contribution in [1.82, 2.24) is 5.32 Å². The molecule has 1 fully saturated rings. The number of rotatable bonds is 7. The molecule has 2 unspecified atom stereocenters. The first-order chi connectivity index (χ1) is 7.33. The lowest BCUT2D eigenvalue weighted by Crippen LogP contribution is -2.22. The van der Waals surface area contributed by atoms with Gasteiger partial charge in [0.15, 0.2) is 0 Å². The van der Waals surface area contributed by atoms with E-state index in [-0.39, 0.29) is 0 Å². The zero-order valence-electron chi connectivity index (χ0n) is 10.7. The van der Waals surface area contributed by atoms with Gasteiger partial charge in [-0.05, 0) is 44.2 Å². The molecule has 0 amide bonds. The summed E-state index contributed by atoms with van der Waals surface area (Å²) in [5.41, 5.74) is 0. The van der Waals surface area contributed by atoms with Crippen LogP contribution in [0.2, 0.25) is 0 Å². The van der Waals surface area contributed by atoms with Crippen LogP contribution in [0.1, 0.15) is 65.2 Å². The molecule has 0 saturated heterocycles. The predicted octanol–water partition coefficient (Wildman–Crippen LogP) is 3.98. The molecule has 0 aliphatic heterocycles. The molecular weight excluding hydrogens is 182 g/mol. The smallest absolute Gasteiger partial charge is 0.00463 e. The SMILES string of the molecule is CCCCCNCCC1CCCC(C)C1. The molecule has 0 radical (unpaired) electrons. The van der Waals surface area contributed by atoms with Gasteiger partial charge in [-0.2, -0.15) is 0 Å². The summed E-state index contributed by atoms with van der Waals surface area (Å²) in [6.07, 6.45) is 11.4. The molecule has 1 saturated carbocycles. The second-order valence-electron chi connectivity index (χ2n) is 5.38. The van der Waals surface area contributed by atoms with Gasteiger partial charge in [0.05, 0.1) is 0 Å². The van der Waals surface area contributed by atoms with Crippen molar-refractivity contribution < 1.29 is 0 Å². The first-order valence-corrected chi connectivity index (χ1v) is 7.03. The third-order valence-corrected chi connectivity index (χ3v) is 3.73. The molecule has 1 N–H and O–H groups in total. The standard InChI is InChI=1S/C14H29N/c1-3-4-5-10-15-11-9-14-8-6-7-13(2)12-14/h13-15H,3-12H2,1-2H3. The van der Waals surface area contributed by atoms with Crippen LogP contribution in [-0.2, 0) is 0 Å². The summed E-state index contributed by atoms with van der Waals surface area (Å²) in [4.78, 5) is 0. The molecule has 1 nitrogen and oxygen atoms in total. The van der Waals surface area contributed by atoms with E-state index >= 15 is 0 Å². The number of nitrogens with one attached hydrogen (secondary N) is 1. The van der Waals surface area contributed by atoms with Crippen LogP contribution in [-0.4, -0.2) is 13.1 Å². The van der Waals surface area contributed by atoms with Crippen molar-refractivity contribution in [2.75, 3.05) is 13.1 Å². The maximum atomic E-state index is 3.58. The normalized spacial score (nSPS) is 26.8. The summed E-state index contributed by atoms with van der Waals surface area (Å²) in [7, 11) is 0. The average Bonchev–Trinajstić information content (AvgIpc) is 2.23. The molecule has 90 valence electrons. The van der Waals surface area contributed by atoms with Gasteiger partial charge in [-0.15, -0.1) is 0 Å². The van der Waals surface area contributed by atoms with Crippen LogP contribution in [0.15, 0.2) is 0 Å². The van der Waals surface area contributed by atoms with Gasteiger partial charge >= 0.3 is 0 Å². The molecule has 0 heterocycles. The van der Waals surface area contributed by atoms with Crippen molar-refractivity contribution in [2.24, 2.45) is 11.8 Å². The van der Waals surface area contributed by atoms with E-state index in [0.717, 1.165) is 11.8 Å². The van der Waals surface area contributed by atoms with Crippen molar-refractivity contribution in [1.29, 1.82) is 0 Å². The molecule has 0 bridgehead atoms. The van der Waals surface area contributed by atoms with Gasteiger partial charge in [0.2, 0.25) is 0 Å². The van der Waals surface area contributed by atoms with Gasteiger partial charge in [0.1, 0.15) is 0 Å². The molecule has 0 spiro atoms. The Kier molecular flexibility index (Phi) is 7.08. The van der Waals surface area contributed by atoms with Crippen LogP contribution in [0.4, 0.5) is 0 Å². The zero-order valence-corrected chi connectivity index (χ0v) is 10.7. The van der Waals surface area contributed by atoms with Gasteiger partial charge < -0.3 is 5.32 Å². The number of hydrogen-bond acceptors (Lipinski definition) is 1. The summed E-state index contributed by atoms with van der Waals surface area (Å²) in [6.45, 7) is 7.17. The predicted molar refractivity (Wildman–Crippen MR) is 68.1 cm³/mol. The first kappa shape index (κ1) is 13.0. The van der Waals surface area contributed by atoms with Gasteiger partial charge in [-0.3, -0.25) is 0 Å². The second-order valence-corrected chi connectivity index (χ2v) is 5.38. The minimum absolute atomic E-state index is 0.990. The Morgan fingerprint density at radius 2 is 2.00 bits per heavy atom. The molecule has 1 aliphatic carbocycles. The maximum Gasteiger partial charge on any atom is -0.00463 e. The first-order valence-electron chi connectivity index (χ1n) is 7.03. The lowest BCUT2D eigenvalue weighted by atomic mass is 9.81. The Morgan fingerprint density at radius 3 is 2.73 bits per heavy atom. The van der Waals surface area contributed by atoms with E-state index < -0.39 is 0 Å². The molecular formula is C14H29N. The molecule has 1 rings (SSSR count). The zero-order chi connectivity index (χ0) is 10.9. The summed E-state index contributed by atoms with van der Waals surface area (Å²) in [6, 6.07) is 0. The monoisotopic (exact) mass is 211 g/mol. The summed E-state index contributed by atoms with van der Waals surface area (Å²) >= 11 is 0. The summed E-state index contributed by atoms with van der Waals surface area (Å²) in [5.74, 6) is 2.01. The molecule has 0 aromatic rings. The third-order valence-electron chi connectivity index (χ3n) is 3.73. The molecule has 0 aromatic heterocycles. The van der Waals surface area contributed by atoms with E-state index in [2.05, 4.69) is 19.2 Å². The lowest BCUT2D eigenvalue weighted by Gasteiger charge is -2.26. The highest BCUT2D eigenvalue weighted by molar-refractivity contribution is 4.71. The highest BCUT2D eigenvalue weighted by atomic mass is 14.8. The quantitative estimate of drug-likeness (QED) is 0.628. The third kappa shape index (κ3) is 6.19. The van der Waals surface area contributed by atoms with Crippen LogP contribution >= 0.6 is 0 Å². The van der Waals surface area contributed by atoms with Crippen LogP contribution in [0.25, 0.3) is 0 Å². The van der Waals surface area contributed by atoms with E-state index in [0.29, 0.717) is 0 Å². The second kappa shape index (κ2) is 8.15. The van der Waals surface area contributed by atoms with Crippen LogP contribution in [0.3, 0.4) is 0 Å². The van der Waals surface area contributed by atoms with E-state index in [1.54, 1.807) is 0 Å². The van der Waals surface area contributed by atoms with Crippen molar-refractivity contribution in [3.8, 4) is 0 Å². The van der Waals surface area contributed by atoms with Gasteiger partial charge in [0, 0.05) is 0 Å². The Bertz CT molecular complexity index is 144. The van der Waals surface area contributed by atoms with Gasteiger partial charge in [-0.25, -0.2) is 0 Å². The summed E-state index contributed by atoms with van der Waals surface area (Å²) in [5, 5.41) is 3.58. The fraction of sp³-hybridized carbons (Fsp3) is 1.00. The fourth-order valence-electron chi connectivity index (χ4n) is 2.75. The number of hydrogen-bond donors (Lipinski definition) is 1. The highest BCUT2D eigenvalue weighted by Gasteiger charge is 2.17. The van der Waals surface area contributed by atoms with Gasteiger partial charge in [-0.1, -0.05) is 46.0 Å². The summed E-state index contributed by atoms with van der Waals surface area (Å²) < 4.78 is 0. The fourth-order valence-corrected chi connectivity index (χ4v) is 2.75. The topological polar surface area (TPSA) is 12.0 Å². The van der Waals surface area contributed by atoms with E-state index in [1.807, 2.05) is 0 Å². The Hall–Kier alpha value is -0.0400. The average molecular weight is 211 g/mol. The Labute approximate surface area is 96.0 Å². The number of unbranched alkanes of at least 4 members (excludes halogenated alkanes) is 2. The minimum Gasteiger partial charge on any atom is -0.317 e. The van der Waals surface area contributed by atoms with E-state index in [9.17, 15) is 0 Å². The highest BCUT2D eigenvalue weighted by Crippen LogP contribution is 2.30. The van der Waals surface area contributed by atoms with Crippen LogP contribution in [0, 0.1) is 11.8 Å². The molecule has 1 aliphatic rings. The minimum atomic E-state index is 0.990. The van der Waals surface area contributed by atoms with Crippen molar-refractivity contribution in [2.45, 2.75) is 65.2 Å². The molecule has 1 heteroatoms. The largest absolute Gasteiger partial charge is 0.317 e. The van der Waals surface area contributed by atoms with E-state index in [1.165, 1.54) is 64.5 Å². The van der Waals surface area contributed by atoms with E-state index in [4.69, 9.17) is 0 Å². The van der Waals surface area contributed by atoms with Crippen LogP contribution < -0.4 is 5.32 Å².